The van der Waals surface area contributed by atoms with Gasteiger partial charge >= 0.3 is 0 Å². The van der Waals surface area contributed by atoms with Crippen LogP contribution in [0.2, 0.25) is 5.02 Å². The maximum Gasteiger partial charge on any atom is 0.234 e. The summed E-state index contributed by atoms with van der Waals surface area (Å²) >= 11 is 7.35. The van der Waals surface area contributed by atoms with Crippen molar-refractivity contribution in [2.75, 3.05) is 16.4 Å². The second kappa shape index (κ2) is 10.7. The Balaban J connectivity index is 1.51. The van der Waals surface area contributed by atoms with Crippen LogP contribution in [0, 0.1) is 19.7 Å². The number of carbonyl (C=O) groups is 1. The molecule has 0 bridgehead atoms. The van der Waals surface area contributed by atoms with E-state index in [0.717, 1.165) is 22.5 Å². The fourth-order valence-electron chi connectivity index (χ4n) is 3.26. The van der Waals surface area contributed by atoms with Gasteiger partial charge < -0.3 is 10.6 Å². The maximum absolute atomic E-state index is 13.2. The molecule has 0 aliphatic carbocycles. The summed E-state index contributed by atoms with van der Waals surface area (Å²) in [6, 6.07) is 19.5. The highest BCUT2D eigenvalue weighted by Crippen LogP contribution is 2.25. The van der Waals surface area contributed by atoms with Crippen LogP contribution in [0.3, 0.4) is 0 Å². The summed E-state index contributed by atoms with van der Waals surface area (Å²) in [5, 5.41) is 16.0. The zero-order valence-electron chi connectivity index (χ0n) is 18.7. The molecule has 9 heteroatoms. The molecule has 34 heavy (non-hydrogen) atoms. The first-order valence-electron chi connectivity index (χ1n) is 10.6. The lowest BCUT2D eigenvalue weighted by Gasteiger charge is -2.12. The zero-order valence-corrected chi connectivity index (χ0v) is 20.3. The van der Waals surface area contributed by atoms with Crippen molar-refractivity contribution in [3.63, 3.8) is 0 Å². The Hall–Kier alpha value is -3.36. The average Bonchev–Trinajstić information content (AvgIpc) is 3.23. The SMILES string of the molecule is Cc1ccc(-n2c(CNc3ccc(F)cc3)nnc2SCC(=O)Nc2cc(Cl)ccc2C)cc1. The molecule has 2 N–H and O–H groups in total. The van der Waals surface area contributed by atoms with Crippen molar-refractivity contribution in [1.82, 2.24) is 14.8 Å². The van der Waals surface area contributed by atoms with E-state index in [9.17, 15) is 9.18 Å². The summed E-state index contributed by atoms with van der Waals surface area (Å²) in [5.41, 5.74) is 4.40. The van der Waals surface area contributed by atoms with Crippen molar-refractivity contribution in [2.45, 2.75) is 25.5 Å². The molecule has 0 radical (unpaired) electrons. The number of thioether (sulfide) groups is 1. The molecule has 1 aromatic heterocycles. The molecule has 3 aromatic carbocycles. The molecule has 0 fully saturated rings. The molecule has 0 saturated heterocycles. The lowest BCUT2D eigenvalue weighted by molar-refractivity contribution is -0.113. The summed E-state index contributed by atoms with van der Waals surface area (Å²) in [6.45, 7) is 4.30. The Kier molecular flexibility index (Phi) is 7.49. The summed E-state index contributed by atoms with van der Waals surface area (Å²) in [5.74, 6) is 0.362. The van der Waals surface area contributed by atoms with Crippen molar-refractivity contribution in [1.29, 1.82) is 0 Å². The second-order valence-corrected chi connectivity index (χ2v) is 9.11. The van der Waals surface area contributed by atoms with Gasteiger partial charge in [0.2, 0.25) is 5.91 Å². The Morgan fingerprint density at radius 2 is 1.76 bits per heavy atom. The third-order valence-corrected chi connectivity index (χ3v) is 6.26. The molecule has 0 spiro atoms. The van der Waals surface area contributed by atoms with E-state index < -0.39 is 0 Å². The predicted octanol–water partition coefficient (Wildman–Crippen LogP) is 6.02. The van der Waals surface area contributed by atoms with Crippen molar-refractivity contribution in [3.8, 4) is 5.69 Å². The number of hydrogen-bond donors (Lipinski definition) is 2. The monoisotopic (exact) mass is 495 g/mol. The first kappa shape index (κ1) is 23.8. The number of aromatic nitrogens is 3. The Bertz CT molecular complexity index is 1290. The molecule has 174 valence electrons. The highest BCUT2D eigenvalue weighted by Gasteiger charge is 2.16. The fourth-order valence-corrected chi connectivity index (χ4v) is 4.20. The Morgan fingerprint density at radius 1 is 1.03 bits per heavy atom. The van der Waals surface area contributed by atoms with Gasteiger partial charge in [0.05, 0.1) is 12.3 Å². The number of nitrogens with zero attached hydrogens (tertiary/aromatic N) is 3. The number of rotatable bonds is 8. The van der Waals surface area contributed by atoms with Crippen molar-refractivity contribution in [3.05, 3.63) is 94.5 Å². The largest absolute Gasteiger partial charge is 0.378 e. The van der Waals surface area contributed by atoms with Gasteiger partial charge in [0.15, 0.2) is 11.0 Å². The van der Waals surface area contributed by atoms with Crippen LogP contribution < -0.4 is 10.6 Å². The molecular formula is C25H23ClFN5OS. The topological polar surface area (TPSA) is 71.8 Å². The van der Waals surface area contributed by atoms with Gasteiger partial charge in [0.1, 0.15) is 5.82 Å². The summed E-state index contributed by atoms with van der Waals surface area (Å²) in [4.78, 5) is 12.6. The van der Waals surface area contributed by atoms with E-state index in [1.807, 2.05) is 48.7 Å². The highest BCUT2D eigenvalue weighted by atomic mass is 35.5. The van der Waals surface area contributed by atoms with Crippen LogP contribution in [0.15, 0.2) is 71.9 Å². The first-order chi connectivity index (χ1) is 16.4. The van der Waals surface area contributed by atoms with E-state index in [4.69, 9.17) is 11.6 Å². The Morgan fingerprint density at radius 3 is 2.50 bits per heavy atom. The number of anilines is 2. The van der Waals surface area contributed by atoms with E-state index >= 15 is 0 Å². The molecule has 0 unspecified atom stereocenters. The van der Waals surface area contributed by atoms with E-state index in [2.05, 4.69) is 20.8 Å². The van der Waals surface area contributed by atoms with E-state index in [-0.39, 0.29) is 17.5 Å². The normalized spacial score (nSPS) is 10.8. The lowest BCUT2D eigenvalue weighted by Crippen LogP contribution is -2.15. The van der Waals surface area contributed by atoms with Crippen LogP contribution in [0.1, 0.15) is 17.0 Å². The van der Waals surface area contributed by atoms with Crippen LogP contribution in [0.5, 0.6) is 0 Å². The van der Waals surface area contributed by atoms with Crippen molar-refractivity contribution < 1.29 is 9.18 Å². The molecule has 1 heterocycles. The predicted molar refractivity (Wildman–Crippen MR) is 135 cm³/mol. The molecule has 4 aromatic rings. The number of hydrogen-bond acceptors (Lipinski definition) is 5. The Labute approximate surface area is 206 Å². The van der Waals surface area contributed by atoms with Crippen LogP contribution >= 0.6 is 23.4 Å². The lowest BCUT2D eigenvalue weighted by atomic mass is 10.2. The first-order valence-corrected chi connectivity index (χ1v) is 11.9. The highest BCUT2D eigenvalue weighted by molar-refractivity contribution is 7.99. The van der Waals surface area contributed by atoms with E-state index in [0.29, 0.717) is 28.2 Å². The number of halogens is 2. The summed E-state index contributed by atoms with van der Waals surface area (Å²) < 4.78 is 15.1. The van der Waals surface area contributed by atoms with Gasteiger partial charge in [-0.2, -0.15) is 0 Å². The third kappa shape index (κ3) is 5.95. The second-order valence-electron chi connectivity index (χ2n) is 7.73. The number of nitrogens with one attached hydrogen (secondary N) is 2. The molecule has 0 aliphatic heterocycles. The number of aryl methyl sites for hydroxylation is 2. The van der Waals surface area contributed by atoms with Crippen LogP contribution in [0.4, 0.5) is 15.8 Å². The average molecular weight is 496 g/mol. The van der Waals surface area contributed by atoms with Gasteiger partial charge in [-0.25, -0.2) is 4.39 Å². The van der Waals surface area contributed by atoms with Gasteiger partial charge in [-0.1, -0.05) is 47.1 Å². The summed E-state index contributed by atoms with van der Waals surface area (Å²) in [7, 11) is 0. The fraction of sp³-hybridized carbons (Fsp3) is 0.160. The standard InChI is InChI=1S/C25H23ClFN5OS/c1-16-3-11-21(12-4-16)32-23(14-28-20-9-7-19(27)8-10-20)30-31-25(32)34-15-24(33)29-22-13-18(26)6-5-17(22)2/h3-13,28H,14-15H2,1-2H3,(H,29,33). The van der Waals surface area contributed by atoms with E-state index in [1.54, 1.807) is 24.3 Å². The minimum Gasteiger partial charge on any atom is -0.378 e. The quantitative estimate of drug-likeness (QED) is 0.292. The number of carbonyl (C=O) groups excluding carboxylic acids is 1. The minimum atomic E-state index is -0.293. The van der Waals surface area contributed by atoms with Gasteiger partial charge in [0, 0.05) is 22.1 Å². The third-order valence-electron chi connectivity index (χ3n) is 5.09. The molecule has 0 saturated carbocycles. The minimum absolute atomic E-state index is 0.154. The van der Waals surface area contributed by atoms with E-state index in [1.165, 1.54) is 23.9 Å². The molecule has 0 aliphatic rings. The zero-order chi connectivity index (χ0) is 24.1. The number of amides is 1. The van der Waals surface area contributed by atoms with Crippen LogP contribution in [0.25, 0.3) is 5.69 Å². The summed E-state index contributed by atoms with van der Waals surface area (Å²) in [6.07, 6.45) is 0. The van der Waals surface area contributed by atoms with Gasteiger partial charge in [-0.05, 0) is 67.9 Å². The maximum atomic E-state index is 13.2. The van der Waals surface area contributed by atoms with Gasteiger partial charge in [0.25, 0.3) is 0 Å². The van der Waals surface area contributed by atoms with Gasteiger partial charge in [-0.15, -0.1) is 10.2 Å². The van der Waals surface area contributed by atoms with Crippen LogP contribution in [-0.2, 0) is 11.3 Å². The molecule has 0 atom stereocenters. The van der Waals surface area contributed by atoms with Crippen molar-refractivity contribution in [2.24, 2.45) is 0 Å². The van der Waals surface area contributed by atoms with Crippen LogP contribution in [-0.4, -0.2) is 26.4 Å². The molecule has 4 rings (SSSR count). The van der Waals surface area contributed by atoms with Gasteiger partial charge in [-0.3, -0.25) is 9.36 Å². The molecule has 1 amide bonds. The molecule has 6 nitrogen and oxygen atoms in total. The smallest absolute Gasteiger partial charge is 0.234 e. The van der Waals surface area contributed by atoms with Crippen molar-refractivity contribution >= 4 is 40.6 Å². The number of benzene rings is 3. The molecular weight excluding hydrogens is 473 g/mol.